The van der Waals surface area contributed by atoms with E-state index in [0.717, 1.165) is 26.0 Å². The van der Waals surface area contributed by atoms with E-state index in [1.807, 2.05) is 23.2 Å². The minimum absolute atomic E-state index is 0.734. The summed E-state index contributed by atoms with van der Waals surface area (Å²) in [6.45, 7) is 0. The van der Waals surface area contributed by atoms with Gasteiger partial charge in [0, 0.05) is 4.47 Å². The van der Waals surface area contributed by atoms with E-state index < -0.39 is 0 Å². The van der Waals surface area contributed by atoms with Crippen LogP contribution in [-0.4, -0.2) is 0 Å². The van der Waals surface area contributed by atoms with E-state index in [2.05, 4.69) is 26.1 Å². The number of rotatable bonds is 0. The largest absolute Gasteiger partial charge is 0.337 e. The number of halogens is 2. The molecule has 1 aromatic rings. The second kappa shape index (κ2) is 3.06. The van der Waals surface area contributed by atoms with Crippen LogP contribution in [0.1, 0.15) is 0 Å². The molecule has 1 aromatic carbocycles. The molecule has 0 saturated carbocycles. The molecule has 0 radical (unpaired) electrons. The van der Waals surface area contributed by atoms with Gasteiger partial charge in [-0.25, -0.2) is 5.01 Å². The first-order valence-electron chi connectivity index (χ1n) is 3.95. The topological polar surface area (TPSA) is 27.3 Å². The standard InChI is InChI=1S/C8H5BrClN3S/c9-4-1-2-6-5(3-4)11-8-7(10)14-12-13(6)8/h1-3,11-12H. The van der Waals surface area contributed by atoms with E-state index in [1.54, 1.807) is 0 Å². The molecule has 2 aliphatic heterocycles. The lowest BCUT2D eigenvalue weighted by Crippen LogP contribution is -2.25. The Morgan fingerprint density at radius 1 is 1.43 bits per heavy atom. The highest BCUT2D eigenvalue weighted by Crippen LogP contribution is 2.44. The van der Waals surface area contributed by atoms with E-state index in [-0.39, 0.29) is 0 Å². The molecule has 72 valence electrons. The van der Waals surface area contributed by atoms with Crippen molar-refractivity contribution in [1.29, 1.82) is 0 Å². The molecule has 2 aliphatic rings. The fraction of sp³-hybridized carbons (Fsp3) is 0. The smallest absolute Gasteiger partial charge is 0.153 e. The molecule has 3 rings (SSSR count). The molecular formula is C8H5BrClN3S. The van der Waals surface area contributed by atoms with Gasteiger partial charge in [0.1, 0.15) is 4.36 Å². The fourth-order valence-corrected chi connectivity index (χ4v) is 2.67. The van der Waals surface area contributed by atoms with Crippen molar-refractivity contribution in [3.8, 4) is 0 Å². The Kier molecular flexibility index (Phi) is 1.95. The van der Waals surface area contributed by atoms with Crippen LogP contribution in [0, 0.1) is 0 Å². The van der Waals surface area contributed by atoms with Gasteiger partial charge in [-0.05, 0) is 30.1 Å². The van der Waals surface area contributed by atoms with Crippen molar-refractivity contribution in [3.63, 3.8) is 0 Å². The molecule has 6 heteroatoms. The highest BCUT2D eigenvalue weighted by molar-refractivity contribution is 9.10. The Morgan fingerprint density at radius 2 is 2.29 bits per heavy atom. The SMILES string of the molecule is ClC1=C2Nc3cc(Br)ccc3N2NS1. The van der Waals surface area contributed by atoms with Gasteiger partial charge in [-0.15, -0.1) is 0 Å². The van der Waals surface area contributed by atoms with Gasteiger partial charge in [-0.2, -0.15) is 4.83 Å². The first kappa shape index (κ1) is 8.91. The highest BCUT2D eigenvalue weighted by atomic mass is 79.9. The molecule has 0 fully saturated rings. The number of hydrogen-bond donors (Lipinski definition) is 2. The van der Waals surface area contributed by atoms with E-state index in [1.165, 1.54) is 11.9 Å². The number of hydrazine groups is 1. The van der Waals surface area contributed by atoms with Crippen LogP contribution in [0.25, 0.3) is 0 Å². The van der Waals surface area contributed by atoms with Gasteiger partial charge in [0.05, 0.1) is 11.4 Å². The van der Waals surface area contributed by atoms with E-state index >= 15 is 0 Å². The number of nitrogens with zero attached hydrogens (tertiary/aromatic N) is 1. The van der Waals surface area contributed by atoms with Crippen LogP contribution < -0.4 is 15.2 Å². The minimum atomic E-state index is 0.734. The van der Waals surface area contributed by atoms with Crippen molar-refractivity contribution in [1.82, 2.24) is 4.83 Å². The van der Waals surface area contributed by atoms with Gasteiger partial charge < -0.3 is 5.32 Å². The summed E-state index contributed by atoms with van der Waals surface area (Å²) in [4.78, 5) is 3.11. The van der Waals surface area contributed by atoms with E-state index in [9.17, 15) is 0 Å². The summed E-state index contributed by atoms with van der Waals surface area (Å²) >= 11 is 10.8. The quantitative estimate of drug-likeness (QED) is 0.718. The molecular weight excluding hydrogens is 286 g/mol. The zero-order valence-electron chi connectivity index (χ0n) is 6.84. The van der Waals surface area contributed by atoms with Gasteiger partial charge in [-0.3, -0.25) is 0 Å². The Morgan fingerprint density at radius 3 is 3.14 bits per heavy atom. The van der Waals surface area contributed by atoms with Crippen molar-refractivity contribution in [2.75, 3.05) is 10.3 Å². The molecule has 3 nitrogen and oxygen atoms in total. The molecule has 14 heavy (non-hydrogen) atoms. The molecule has 0 atom stereocenters. The highest BCUT2D eigenvalue weighted by Gasteiger charge is 2.31. The van der Waals surface area contributed by atoms with Crippen LogP contribution in [-0.2, 0) is 0 Å². The number of fused-ring (bicyclic) bond motifs is 3. The second-order valence-corrected chi connectivity index (χ2v) is 5.25. The Labute approximate surface area is 98.7 Å². The van der Waals surface area contributed by atoms with Crippen LogP contribution in [0.5, 0.6) is 0 Å². The van der Waals surface area contributed by atoms with Gasteiger partial charge in [-0.1, -0.05) is 27.5 Å². The lowest BCUT2D eigenvalue weighted by Gasteiger charge is -2.11. The maximum Gasteiger partial charge on any atom is 0.153 e. The number of nitrogens with one attached hydrogen (secondary N) is 2. The third-order valence-electron chi connectivity index (χ3n) is 2.09. The van der Waals surface area contributed by atoms with Crippen LogP contribution in [0.2, 0.25) is 0 Å². The van der Waals surface area contributed by atoms with Crippen molar-refractivity contribution >= 4 is 50.9 Å². The molecule has 0 aromatic heterocycles. The normalized spacial score (nSPS) is 18.3. The average Bonchev–Trinajstić information content (AvgIpc) is 2.66. The summed E-state index contributed by atoms with van der Waals surface area (Å²) in [5, 5.41) is 5.19. The average molecular weight is 291 g/mol. The van der Waals surface area contributed by atoms with Crippen LogP contribution >= 0.6 is 39.5 Å². The van der Waals surface area contributed by atoms with Gasteiger partial charge in [0.2, 0.25) is 0 Å². The number of benzene rings is 1. The first-order valence-corrected chi connectivity index (χ1v) is 5.93. The monoisotopic (exact) mass is 289 g/mol. The van der Waals surface area contributed by atoms with Crippen LogP contribution in [0.3, 0.4) is 0 Å². The molecule has 0 amide bonds. The molecule has 0 saturated heterocycles. The van der Waals surface area contributed by atoms with Crippen molar-refractivity contribution in [3.05, 3.63) is 32.9 Å². The van der Waals surface area contributed by atoms with Crippen molar-refractivity contribution < 1.29 is 0 Å². The predicted molar refractivity (Wildman–Crippen MR) is 63.8 cm³/mol. The summed E-state index contributed by atoms with van der Waals surface area (Å²) in [6, 6.07) is 6.06. The molecule has 2 N–H and O–H groups in total. The molecule has 0 aliphatic carbocycles. The molecule has 0 spiro atoms. The molecule has 0 unspecified atom stereocenters. The molecule has 2 heterocycles. The minimum Gasteiger partial charge on any atom is -0.337 e. The maximum absolute atomic E-state index is 6.01. The summed E-state index contributed by atoms with van der Waals surface area (Å²) in [6.07, 6.45) is 0. The Bertz CT molecular complexity index is 448. The summed E-state index contributed by atoms with van der Waals surface area (Å²) in [5.74, 6) is 0.907. The summed E-state index contributed by atoms with van der Waals surface area (Å²) in [7, 11) is 0. The van der Waals surface area contributed by atoms with Gasteiger partial charge in [0.15, 0.2) is 5.82 Å². The molecule has 0 bridgehead atoms. The van der Waals surface area contributed by atoms with Gasteiger partial charge in [0.25, 0.3) is 0 Å². The lowest BCUT2D eigenvalue weighted by molar-refractivity contribution is 0.982. The summed E-state index contributed by atoms with van der Waals surface area (Å²) in [5.41, 5.74) is 2.15. The zero-order valence-corrected chi connectivity index (χ0v) is 10.0. The van der Waals surface area contributed by atoms with E-state index in [0.29, 0.717) is 0 Å². The maximum atomic E-state index is 6.01. The zero-order chi connectivity index (χ0) is 9.71. The third-order valence-corrected chi connectivity index (χ3v) is 3.64. The Hall–Kier alpha value is -0.360. The van der Waals surface area contributed by atoms with Crippen LogP contribution in [0.15, 0.2) is 32.9 Å². The third kappa shape index (κ3) is 1.16. The van der Waals surface area contributed by atoms with Crippen molar-refractivity contribution in [2.45, 2.75) is 0 Å². The number of hydrogen-bond acceptors (Lipinski definition) is 4. The predicted octanol–water partition coefficient (Wildman–Crippen LogP) is 3.21. The summed E-state index contributed by atoms with van der Waals surface area (Å²) < 4.78 is 1.78. The lowest BCUT2D eigenvalue weighted by atomic mass is 10.3. The van der Waals surface area contributed by atoms with Crippen molar-refractivity contribution in [2.24, 2.45) is 0 Å². The second-order valence-electron chi connectivity index (χ2n) is 2.94. The first-order chi connectivity index (χ1) is 6.75. The fourth-order valence-electron chi connectivity index (χ4n) is 1.47. The number of anilines is 2. The Balaban J connectivity index is 2.14. The van der Waals surface area contributed by atoms with Gasteiger partial charge >= 0.3 is 0 Å². The van der Waals surface area contributed by atoms with E-state index in [4.69, 9.17) is 11.6 Å². The van der Waals surface area contributed by atoms with Crippen LogP contribution in [0.4, 0.5) is 11.4 Å².